The van der Waals surface area contributed by atoms with Gasteiger partial charge in [-0.3, -0.25) is 19.2 Å². The molecule has 0 bridgehead atoms. The van der Waals surface area contributed by atoms with Gasteiger partial charge in [-0.05, 0) is 233 Å². The second-order valence-corrected chi connectivity index (χ2v) is 28.2. The van der Waals surface area contributed by atoms with Crippen molar-refractivity contribution >= 4 is 35.8 Å². The van der Waals surface area contributed by atoms with Gasteiger partial charge in [0.05, 0.1) is 61.3 Å². The number of carbonyl (C=O) groups is 6. The first-order chi connectivity index (χ1) is 47.5. The van der Waals surface area contributed by atoms with E-state index in [1.54, 1.807) is 74.5 Å². The maximum absolute atomic E-state index is 12.2. The smallest absolute Gasteiger partial charge is 0.338 e. The lowest BCUT2D eigenvalue weighted by Crippen LogP contribution is -2.44. The molecule has 0 spiro atoms. The van der Waals surface area contributed by atoms with Crippen molar-refractivity contribution in [3.8, 4) is 34.5 Å². The van der Waals surface area contributed by atoms with Crippen LogP contribution >= 0.6 is 0 Å². The molecular weight excluding hydrogens is 1300 g/mol. The van der Waals surface area contributed by atoms with E-state index in [4.69, 9.17) is 66.7 Å². The van der Waals surface area contributed by atoms with Crippen molar-refractivity contribution in [1.29, 1.82) is 0 Å². The Labute approximate surface area is 610 Å². The molecule has 3 aliphatic rings. The van der Waals surface area contributed by atoms with Crippen LogP contribution in [0, 0.1) is 21.7 Å². The van der Waals surface area contributed by atoms with E-state index in [0.717, 1.165) is 42.4 Å². The summed E-state index contributed by atoms with van der Waals surface area (Å²) in [5, 5.41) is 9.06. The average Bonchev–Trinajstić information content (AvgIpc) is 0.831. The van der Waals surface area contributed by atoms with Crippen LogP contribution in [0.2, 0.25) is 0 Å². The van der Waals surface area contributed by atoms with Crippen molar-refractivity contribution in [3.63, 3.8) is 0 Å². The van der Waals surface area contributed by atoms with Gasteiger partial charge >= 0.3 is 35.8 Å². The molecule has 0 aromatic heterocycles. The largest absolute Gasteiger partial charge is 0.508 e. The normalized spacial score (nSPS) is 15.7. The molecule has 3 aromatic rings. The Morgan fingerprint density at radius 2 is 0.637 bits per heavy atom. The molecule has 0 radical (unpaired) electrons. The van der Waals surface area contributed by atoms with Gasteiger partial charge in [-0.1, -0.05) is 60.6 Å². The van der Waals surface area contributed by atoms with Gasteiger partial charge in [0.1, 0.15) is 51.3 Å². The maximum Gasteiger partial charge on any atom is 0.338 e. The highest BCUT2D eigenvalue weighted by molar-refractivity contribution is 5.89. The number of aromatic hydroxyl groups is 1. The van der Waals surface area contributed by atoms with Crippen molar-refractivity contribution in [2.75, 3.05) is 52.9 Å². The number of benzene rings is 3. The Bertz CT molecular complexity index is 3070. The summed E-state index contributed by atoms with van der Waals surface area (Å²) in [6, 6.07) is 19.8. The molecule has 0 amide bonds. The molecule has 102 heavy (non-hydrogen) atoms. The molecule has 572 valence electrons. The highest BCUT2D eigenvalue weighted by Gasteiger charge is 2.43. The van der Waals surface area contributed by atoms with E-state index >= 15 is 0 Å². The van der Waals surface area contributed by atoms with Gasteiger partial charge in [-0.2, -0.15) is 0 Å². The van der Waals surface area contributed by atoms with Crippen LogP contribution in [0.1, 0.15) is 210 Å². The van der Waals surface area contributed by atoms with Crippen molar-refractivity contribution in [3.05, 3.63) is 134 Å². The van der Waals surface area contributed by atoms with Crippen LogP contribution in [0.25, 0.3) is 0 Å². The van der Waals surface area contributed by atoms with E-state index in [-0.39, 0.29) is 48.2 Å². The SMILES string of the molecule is C=C(C)C(=O)OC1(C(=C)C)CCOCC1.C=C(C)C(=O)Oc1ccc(OC(C)OCC)cc1.C=C(C)C1(OC(=O)C(C)(C)CC)CCOCC1.C=C(C)C1(OC(=O)C(C)(C)CC)CCOCC1.CCC(C)(C)C(=O)Oc1ccc(O)cc1.CCOC(C)Oc1ccc(OC(=O)C(C)(C)CC)cc1. The van der Waals surface area contributed by atoms with Crippen LogP contribution in [-0.2, 0) is 66.7 Å². The zero-order valence-electron chi connectivity index (χ0n) is 65.6. The van der Waals surface area contributed by atoms with E-state index in [2.05, 4.69) is 32.9 Å². The molecule has 1 N–H and O–H groups in total. The second-order valence-electron chi connectivity index (χ2n) is 28.2. The summed E-state index contributed by atoms with van der Waals surface area (Å²) in [6.45, 7) is 63.3. The monoisotopic (exact) mass is 1430 g/mol. The maximum atomic E-state index is 12.2. The fourth-order valence-corrected chi connectivity index (χ4v) is 8.72. The summed E-state index contributed by atoms with van der Waals surface area (Å²) in [5.74, 6) is 1.40. The standard InChI is InChI=1S/C16H24O4.C14H18O4.2C14H24O3.C12H18O3.C12H16O3/c1-6-16(4,5)15(17)20-14-10-8-13(9-11-14)19-12(3)18-7-2;1-5-16-11(4)17-12-6-8-13(9-7-12)18-14(15)10(2)3;2*1-6-13(4,5)12(15)17-14(11(2)3)7-9-16-10-8-14;1-9(2)11(13)15-12(10(3)4)5-7-14-8-6-12;1-4-12(2,3)11(14)15-10-7-5-9(13)6-8-10/h8-12H,6-7H2,1-5H3;6-9,11H,2,5H2,1,3-4H3;2*2,6-10H2,1,3-5H3;1,3,5-8H2,2,4H3;5-8,13H,4H2,1-3H3. The summed E-state index contributed by atoms with van der Waals surface area (Å²) >= 11 is 0. The van der Waals surface area contributed by atoms with Gasteiger partial charge in [0, 0.05) is 62.9 Å². The first-order valence-electron chi connectivity index (χ1n) is 35.5. The molecule has 0 saturated carbocycles. The summed E-state index contributed by atoms with van der Waals surface area (Å²) in [4.78, 5) is 70.7. The minimum atomic E-state index is -0.547. The fourth-order valence-electron chi connectivity index (χ4n) is 8.72. The number of carbonyl (C=O) groups excluding carboxylic acids is 6. The summed E-state index contributed by atoms with van der Waals surface area (Å²) < 4.78 is 70.1. The van der Waals surface area contributed by atoms with Crippen molar-refractivity contribution < 1.29 is 95.5 Å². The Morgan fingerprint density at radius 1 is 0.392 bits per heavy atom. The average molecular weight is 1430 g/mol. The Hall–Kier alpha value is -7.62. The molecular formula is C82H124O20. The van der Waals surface area contributed by atoms with Crippen molar-refractivity contribution in [2.24, 2.45) is 21.7 Å². The van der Waals surface area contributed by atoms with Crippen LogP contribution in [0.3, 0.4) is 0 Å². The highest BCUT2D eigenvalue weighted by atomic mass is 16.7. The van der Waals surface area contributed by atoms with Gasteiger partial charge in [0.2, 0.25) is 0 Å². The fraction of sp³-hybridized carbons (Fsp3) is 0.585. The zero-order valence-corrected chi connectivity index (χ0v) is 65.6. The molecule has 0 aliphatic carbocycles. The third kappa shape index (κ3) is 32.0. The predicted octanol–water partition coefficient (Wildman–Crippen LogP) is 17.9. The highest BCUT2D eigenvalue weighted by Crippen LogP contribution is 2.38. The lowest BCUT2D eigenvalue weighted by molar-refractivity contribution is -0.175. The van der Waals surface area contributed by atoms with E-state index < -0.39 is 44.4 Å². The number of hydrogen-bond donors (Lipinski definition) is 1. The van der Waals surface area contributed by atoms with Crippen molar-refractivity contribution in [2.45, 2.75) is 239 Å². The number of rotatable bonds is 27. The molecule has 2 unspecified atom stereocenters. The third-order valence-electron chi connectivity index (χ3n) is 18.1. The third-order valence-corrected chi connectivity index (χ3v) is 18.1. The Kier molecular flexibility index (Phi) is 40.0. The van der Waals surface area contributed by atoms with Gasteiger partial charge < -0.3 is 66.7 Å². The number of phenolic OH excluding ortho intramolecular Hbond substituents is 1. The number of phenols is 1. The Balaban J connectivity index is 0.000000614. The van der Waals surface area contributed by atoms with E-state index in [1.807, 2.05) is 132 Å². The quantitative estimate of drug-likeness (QED) is 0.0186. The molecule has 3 heterocycles. The topological polar surface area (TPSA) is 243 Å². The van der Waals surface area contributed by atoms with Crippen LogP contribution in [-0.4, -0.2) is 123 Å². The van der Waals surface area contributed by atoms with E-state index in [0.29, 0.717) is 131 Å². The van der Waals surface area contributed by atoms with Gasteiger partial charge in [-0.15, -0.1) is 0 Å². The molecule has 3 fully saturated rings. The second kappa shape index (κ2) is 44.1. The minimum Gasteiger partial charge on any atom is -0.508 e. The number of ether oxygens (including phenoxy) is 13. The summed E-state index contributed by atoms with van der Waals surface area (Å²) in [5.41, 5.74) is 0.112. The van der Waals surface area contributed by atoms with Gasteiger partial charge in [0.15, 0.2) is 12.6 Å². The molecule has 3 saturated heterocycles. The molecule has 2 atom stereocenters. The Morgan fingerprint density at radius 3 is 0.892 bits per heavy atom. The van der Waals surface area contributed by atoms with Gasteiger partial charge in [0.25, 0.3) is 0 Å². The molecule has 3 aliphatic heterocycles. The molecule has 3 aromatic carbocycles. The molecule has 6 rings (SSSR count). The number of hydrogen-bond acceptors (Lipinski definition) is 20. The lowest BCUT2D eigenvalue weighted by Gasteiger charge is -2.39. The molecule has 20 nitrogen and oxygen atoms in total. The summed E-state index contributed by atoms with van der Waals surface area (Å²) in [6.07, 6.45) is 6.63. The van der Waals surface area contributed by atoms with Crippen LogP contribution in [0.5, 0.6) is 34.5 Å². The lowest BCUT2D eigenvalue weighted by atomic mass is 9.85. The number of esters is 6. The first-order valence-corrected chi connectivity index (χ1v) is 35.5. The minimum absolute atomic E-state index is 0.134. The van der Waals surface area contributed by atoms with E-state index in [9.17, 15) is 28.8 Å². The van der Waals surface area contributed by atoms with Crippen LogP contribution in [0.15, 0.2) is 134 Å². The summed E-state index contributed by atoms with van der Waals surface area (Å²) in [7, 11) is 0. The molecule has 20 heteroatoms. The predicted molar refractivity (Wildman–Crippen MR) is 398 cm³/mol. The van der Waals surface area contributed by atoms with Gasteiger partial charge in [-0.25, -0.2) is 9.59 Å². The van der Waals surface area contributed by atoms with Crippen LogP contribution in [0.4, 0.5) is 0 Å². The van der Waals surface area contributed by atoms with Crippen molar-refractivity contribution in [1.82, 2.24) is 0 Å². The first kappa shape index (κ1) is 92.4. The zero-order chi connectivity index (χ0) is 77.9. The van der Waals surface area contributed by atoms with E-state index in [1.165, 1.54) is 12.1 Å². The van der Waals surface area contributed by atoms with Crippen LogP contribution < -0.4 is 23.7 Å².